The van der Waals surface area contributed by atoms with Crippen LogP contribution >= 0.6 is 11.6 Å². The first kappa shape index (κ1) is 51.3. The average Bonchev–Trinajstić information content (AvgIpc) is 3.77. The van der Waals surface area contributed by atoms with Gasteiger partial charge >= 0.3 is 12.5 Å². The molecule has 74 heavy (non-hydrogen) atoms. The van der Waals surface area contributed by atoms with Crippen molar-refractivity contribution in [3.05, 3.63) is 179 Å². The van der Waals surface area contributed by atoms with Crippen molar-refractivity contribution in [1.29, 1.82) is 0 Å². The second-order valence-electron chi connectivity index (χ2n) is 17.9. The number of fused-ring (bicyclic) bond motifs is 2. The van der Waals surface area contributed by atoms with E-state index in [0.717, 1.165) is 90.5 Å². The van der Waals surface area contributed by atoms with Crippen LogP contribution in [0.25, 0.3) is 16.6 Å². The molecule has 11 nitrogen and oxygen atoms in total. The summed E-state index contributed by atoms with van der Waals surface area (Å²) in [5.41, 5.74) is 6.47. The number of benzene rings is 5. The number of ether oxygens (including phenoxy) is 2. The number of aryl methyl sites for hydroxylation is 1. The smallest absolute Gasteiger partial charge is 0.490 e. The van der Waals surface area contributed by atoms with Crippen LogP contribution in [-0.2, 0) is 19.1 Å². The molecule has 0 saturated carbocycles. The van der Waals surface area contributed by atoms with Crippen molar-refractivity contribution in [2.75, 3.05) is 41.3 Å². The zero-order valence-corrected chi connectivity index (χ0v) is 40.7. The fourth-order valence-corrected chi connectivity index (χ4v) is 9.39. The van der Waals surface area contributed by atoms with Gasteiger partial charge in [0.05, 0.1) is 21.8 Å². The third-order valence-corrected chi connectivity index (χ3v) is 13.3. The van der Waals surface area contributed by atoms with Crippen molar-refractivity contribution in [2.45, 2.75) is 70.1 Å². The molecule has 1 amide bonds. The number of pyridine rings is 1. The minimum atomic E-state index is -4.68. The van der Waals surface area contributed by atoms with Crippen molar-refractivity contribution in [3.63, 3.8) is 0 Å². The Balaban J connectivity index is 0.000000183. The van der Waals surface area contributed by atoms with Crippen LogP contribution in [-0.4, -0.2) is 63.9 Å². The lowest BCUT2D eigenvalue weighted by Crippen LogP contribution is -2.38. The van der Waals surface area contributed by atoms with Gasteiger partial charge in [0, 0.05) is 80.3 Å². The van der Waals surface area contributed by atoms with Crippen LogP contribution in [0.3, 0.4) is 0 Å². The fourth-order valence-electron chi connectivity index (χ4n) is 9.23. The monoisotopic (exact) mass is 1040 g/mol. The van der Waals surface area contributed by atoms with Crippen molar-refractivity contribution in [2.24, 2.45) is 0 Å². The Morgan fingerprint density at radius 1 is 0.743 bits per heavy atom. The summed E-state index contributed by atoms with van der Waals surface area (Å²) in [4.78, 5) is 30.3. The van der Waals surface area contributed by atoms with Crippen LogP contribution < -0.4 is 29.9 Å². The van der Waals surface area contributed by atoms with Crippen LogP contribution in [0.15, 0.2) is 140 Å². The van der Waals surface area contributed by atoms with E-state index in [1.54, 1.807) is 40.9 Å². The Bertz CT molecular complexity index is 3180. The molecule has 0 radical (unpaired) electrons. The average molecular weight is 1040 g/mol. The molecule has 384 valence electrons. The molecule has 2 aliphatic rings. The van der Waals surface area contributed by atoms with E-state index in [4.69, 9.17) is 16.3 Å². The van der Waals surface area contributed by atoms with Gasteiger partial charge < -0.3 is 29.9 Å². The minimum absolute atomic E-state index is 0.0280. The number of hydrogen-bond donors (Lipinski definition) is 2. The summed E-state index contributed by atoms with van der Waals surface area (Å²) in [5.74, 6) is 0.851. The highest BCUT2D eigenvalue weighted by atomic mass is 35.5. The van der Waals surface area contributed by atoms with Gasteiger partial charge in [-0.15, -0.1) is 13.2 Å². The lowest BCUT2D eigenvalue weighted by Gasteiger charge is -2.34. The topological polar surface area (TPSA) is 109 Å². The summed E-state index contributed by atoms with van der Waals surface area (Å²) >= 11 is 6.14. The Morgan fingerprint density at radius 3 is 2.01 bits per heavy atom. The number of carbonyl (C=O) groups is 1. The van der Waals surface area contributed by atoms with Crippen LogP contribution in [0.1, 0.15) is 71.4 Å². The normalized spacial score (nSPS) is 14.7. The number of imidazole rings is 1. The first-order valence-corrected chi connectivity index (χ1v) is 24.4. The molecule has 10 rings (SSSR count). The van der Waals surface area contributed by atoms with E-state index in [2.05, 4.69) is 52.3 Å². The van der Waals surface area contributed by atoms with E-state index >= 15 is 0 Å². The second-order valence-corrected chi connectivity index (χ2v) is 18.4. The van der Waals surface area contributed by atoms with Gasteiger partial charge in [0.15, 0.2) is 0 Å². The number of amides is 1. The number of aromatic nitrogens is 4. The van der Waals surface area contributed by atoms with Gasteiger partial charge in [-0.3, -0.25) is 9.20 Å². The molecular formula is C55H50ClF7N8O3. The summed E-state index contributed by atoms with van der Waals surface area (Å²) in [6, 6.07) is 35.0. The number of rotatable bonds is 12. The number of piperidine rings is 2. The molecular weight excluding hydrogens is 989 g/mol. The maximum atomic E-state index is 13.5. The summed E-state index contributed by atoms with van der Waals surface area (Å²) in [5, 5.41) is 7.48. The number of anilines is 4. The number of nitrogens with one attached hydrogen (secondary N) is 2. The van der Waals surface area contributed by atoms with Gasteiger partial charge in [-0.25, -0.2) is 19.3 Å². The third kappa shape index (κ3) is 12.8. The molecule has 19 heteroatoms. The molecule has 3 aromatic heterocycles. The lowest BCUT2D eigenvalue weighted by atomic mass is 9.89. The van der Waals surface area contributed by atoms with Gasteiger partial charge in [-0.1, -0.05) is 42.8 Å². The van der Waals surface area contributed by atoms with E-state index in [0.29, 0.717) is 59.1 Å². The Hall–Kier alpha value is -7.60. The van der Waals surface area contributed by atoms with E-state index < -0.39 is 18.1 Å². The number of hydrogen-bond acceptors (Lipinski definition) is 9. The molecule has 0 atom stereocenters. The third-order valence-electron chi connectivity index (χ3n) is 13.1. The molecule has 0 spiro atoms. The summed E-state index contributed by atoms with van der Waals surface area (Å²) in [6.45, 7) is 5.45. The van der Waals surface area contributed by atoms with Gasteiger partial charge in [0.1, 0.15) is 46.9 Å². The molecule has 5 heterocycles. The van der Waals surface area contributed by atoms with Crippen LogP contribution in [0.2, 0.25) is 5.02 Å². The van der Waals surface area contributed by atoms with Crippen LogP contribution in [0.5, 0.6) is 11.5 Å². The number of alkyl halides is 6. The molecule has 2 aliphatic heterocycles. The molecule has 2 N–H and O–H groups in total. The minimum Gasteiger partial charge on any atom is -0.490 e. The highest BCUT2D eigenvalue weighted by Gasteiger charge is 2.32. The van der Waals surface area contributed by atoms with E-state index in [1.165, 1.54) is 42.7 Å². The standard InChI is InChI=1S/C29H28ClF3N4O2.C26H22F4N4O/c1-2-25-27(37-18-22(30)7-12-26(37)35-25)28(38)34-17-19-3-8-23(9-4-19)36-15-13-21(14-16-36)20-5-10-24(11-6-20)39-29(31,32)33;27-18-3-10-23-24(15-18)31-16-32-25(23)33-19-4-8-21(9-5-19)35-22-11-13-34(14-12-22)20-6-1-17(2-7-20)26(28,29)30/h3-12,18,21H,2,13-17H2,1H3,(H,34,38);1-10,15-16,22H,11-14H2,(H,31,32,33). The van der Waals surface area contributed by atoms with E-state index in [9.17, 15) is 35.5 Å². The predicted molar refractivity (Wildman–Crippen MR) is 271 cm³/mol. The van der Waals surface area contributed by atoms with Gasteiger partial charge in [0.2, 0.25) is 0 Å². The molecule has 2 fully saturated rings. The zero-order valence-electron chi connectivity index (χ0n) is 39.9. The van der Waals surface area contributed by atoms with Crippen LogP contribution in [0.4, 0.5) is 53.6 Å². The largest absolute Gasteiger partial charge is 0.573 e. The van der Waals surface area contributed by atoms with Crippen LogP contribution in [0, 0.1) is 5.82 Å². The highest BCUT2D eigenvalue weighted by molar-refractivity contribution is 6.30. The molecule has 5 aromatic carbocycles. The van der Waals surface area contributed by atoms with E-state index in [1.807, 2.05) is 43.3 Å². The summed E-state index contributed by atoms with van der Waals surface area (Å²) in [6.07, 6.45) is -1.92. The molecule has 0 bridgehead atoms. The fraction of sp³-hybridized carbons (Fsp3) is 0.273. The highest BCUT2D eigenvalue weighted by Crippen LogP contribution is 2.34. The maximum absolute atomic E-state index is 13.5. The molecule has 0 unspecified atom stereocenters. The molecule has 0 aliphatic carbocycles. The Labute approximate surface area is 426 Å². The first-order valence-electron chi connectivity index (χ1n) is 24.1. The lowest BCUT2D eigenvalue weighted by molar-refractivity contribution is -0.274. The Kier molecular flexibility index (Phi) is 15.4. The quantitative estimate of drug-likeness (QED) is 0.116. The number of carbonyl (C=O) groups excluding carboxylic acids is 1. The summed E-state index contributed by atoms with van der Waals surface area (Å²) < 4.78 is 101. The number of nitrogens with zero attached hydrogens (tertiary/aromatic N) is 6. The summed E-state index contributed by atoms with van der Waals surface area (Å²) in [7, 11) is 0. The second kappa shape index (κ2) is 22.3. The van der Waals surface area contributed by atoms with Gasteiger partial charge in [-0.2, -0.15) is 13.2 Å². The van der Waals surface area contributed by atoms with Gasteiger partial charge in [0.25, 0.3) is 5.91 Å². The van der Waals surface area contributed by atoms with Crippen molar-refractivity contribution < 1.29 is 45.0 Å². The Morgan fingerprint density at radius 2 is 1.38 bits per heavy atom. The van der Waals surface area contributed by atoms with Crippen molar-refractivity contribution in [1.82, 2.24) is 24.7 Å². The molecule has 8 aromatic rings. The van der Waals surface area contributed by atoms with E-state index in [-0.39, 0.29) is 29.5 Å². The first-order chi connectivity index (χ1) is 35.5. The van der Waals surface area contributed by atoms with Crippen molar-refractivity contribution in [3.8, 4) is 11.5 Å². The van der Waals surface area contributed by atoms with Gasteiger partial charge in [-0.05, 0) is 133 Å². The number of halogens is 8. The zero-order chi connectivity index (χ0) is 52.0. The molecule has 2 saturated heterocycles. The predicted octanol–water partition coefficient (Wildman–Crippen LogP) is 13.3. The SMILES string of the molecule is CCc1nc2ccc(Cl)cn2c1C(=O)NCc1ccc(N2CCC(c3ccc(OC(F)(F)F)cc3)CC2)cc1.Fc1ccc2c(Nc3ccc(OC4CCN(c5ccc(C(F)(F)F)cc5)CC4)cc3)ncnc2c1. The maximum Gasteiger partial charge on any atom is 0.573 e. The van der Waals surface area contributed by atoms with Crippen molar-refractivity contribution >= 4 is 56.9 Å².